The van der Waals surface area contributed by atoms with Gasteiger partial charge in [0, 0.05) is 22.9 Å². The zero-order valence-corrected chi connectivity index (χ0v) is 18.8. The van der Waals surface area contributed by atoms with Gasteiger partial charge in [-0.1, -0.05) is 39.7 Å². The highest BCUT2D eigenvalue weighted by Gasteiger charge is 2.67. The van der Waals surface area contributed by atoms with Crippen LogP contribution in [0.3, 0.4) is 0 Å². The summed E-state index contributed by atoms with van der Waals surface area (Å²) >= 11 is 3.63. The van der Waals surface area contributed by atoms with E-state index >= 15 is 0 Å². The van der Waals surface area contributed by atoms with Crippen LogP contribution < -0.4 is 10.6 Å². The summed E-state index contributed by atoms with van der Waals surface area (Å²) in [6.07, 6.45) is 0.719. The Bertz CT molecular complexity index is 1100. The molecule has 2 N–H and O–H groups in total. The Morgan fingerprint density at radius 1 is 1.06 bits per heavy atom. The second-order valence-electron chi connectivity index (χ2n) is 8.80. The molecule has 2 aromatic rings. The molecule has 1 heterocycles. The molecule has 1 aliphatic heterocycles. The zero-order valence-electron chi connectivity index (χ0n) is 17.2. The van der Waals surface area contributed by atoms with Crippen LogP contribution in [0.15, 0.2) is 42.5 Å². The lowest BCUT2D eigenvalue weighted by molar-refractivity contribution is -0.145. The van der Waals surface area contributed by atoms with Crippen LogP contribution in [0.1, 0.15) is 27.9 Å². The maximum absolute atomic E-state index is 13.1. The van der Waals surface area contributed by atoms with Gasteiger partial charge in [-0.25, -0.2) is 0 Å². The van der Waals surface area contributed by atoms with Crippen molar-refractivity contribution in [2.45, 2.75) is 31.2 Å². The topological polar surface area (TPSA) is 84.5 Å². The second-order valence-corrected chi connectivity index (χ2v) is 9.86. The number of fused-ring (bicyclic) bond motifs is 1. The van der Waals surface area contributed by atoms with Gasteiger partial charge in [0.2, 0.25) is 5.91 Å². The van der Waals surface area contributed by atoms with E-state index < -0.39 is 5.92 Å². The first kappa shape index (κ1) is 20.2. The lowest BCUT2D eigenvalue weighted by Crippen LogP contribution is -2.40. The number of carbonyl (C=O) groups is 3. The van der Waals surface area contributed by atoms with E-state index in [4.69, 9.17) is 4.74 Å². The molecule has 0 radical (unpaired) electrons. The summed E-state index contributed by atoms with van der Waals surface area (Å²) in [5.74, 6) is -1.26. The third kappa shape index (κ3) is 3.35. The lowest BCUT2D eigenvalue weighted by Gasteiger charge is -2.27. The van der Waals surface area contributed by atoms with E-state index in [-0.39, 0.29) is 46.5 Å². The summed E-state index contributed by atoms with van der Waals surface area (Å²) in [4.78, 5) is 38.2. The molecule has 6 nitrogen and oxygen atoms in total. The number of anilines is 2. The maximum Gasteiger partial charge on any atom is 0.310 e. The van der Waals surface area contributed by atoms with Crippen molar-refractivity contribution in [2.75, 3.05) is 10.6 Å². The molecule has 3 fully saturated rings. The van der Waals surface area contributed by atoms with Crippen molar-refractivity contribution in [3.05, 3.63) is 59.2 Å². The summed E-state index contributed by atoms with van der Waals surface area (Å²) < 4.78 is 5.49. The van der Waals surface area contributed by atoms with Crippen molar-refractivity contribution >= 4 is 45.1 Å². The minimum Gasteiger partial charge on any atom is -0.461 e. The fraction of sp³-hybridized carbons (Fsp3) is 0.375. The number of halogens is 1. The first-order chi connectivity index (χ1) is 14.8. The van der Waals surface area contributed by atoms with Crippen molar-refractivity contribution < 1.29 is 19.1 Å². The molecule has 2 bridgehead atoms. The normalized spacial score (nSPS) is 30.2. The molecule has 2 aromatic carbocycles. The van der Waals surface area contributed by atoms with Crippen LogP contribution in [0, 0.1) is 37.5 Å². The summed E-state index contributed by atoms with van der Waals surface area (Å²) in [6.45, 7) is 3.95. The van der Waals surface area contributed by atoms with Gasteiger partial charge in [0.1, 0.15) is 6.10 Å². The number of carbonyl (C=O) groups excluding carboxylic acids is 3. The highest BCUT2D eigenvalue weighted by Crippen LogP contribution is 2.60. The third-order valence-corrected chi connectivity index (χ3v) is 8.05. The van der Waals surface area contributed by atoms with Crippen molar-refractivity contribution in [3.63, 3.8) is 0 Å². The van der Waals surface area contributed by atoms with Gasteiger partial charge in [0.25, 0.3) is 5.91 Å². The summed E-state index contributed by atoms with van der Waals surface area (Å²) in [7, 11) is 0. The molecule has 6 atom stereocenters. The Kier molecular flexibility index (Phi) is 4.88. The molecule has 2 saturated carbocycles. The summed E-state index contributed by atoms with van der Waals surface area (Å²) in [5, 5.41) is 5.85. The zero-order chi connectivity index (χ0) is 21.9. The average Bonchev–Trinajstić information content (AvgIpc) is 3.34. The van der Waals surface area contributed by atoms with E-state index in [1.54, 1.807) is 24.3 Å². The first-order valence-corrected chi connectivity index (χ1v) is 11.4. The average molecular weight is 483 g/mol. The predicted octanol–water partition coefficient (Wildman–Crippen LogP) is 4.07. The Morgan fingerprint density at radius 2 is 1.87 bits per heavy atom. The maximum atomic E-state index is 13.1. The Balaban J connectivity index is 1.31. The van der Waals surface area contributed by atoms with E-state index in [9.17, 15) is 14.4 Å². The molecule has 0 unspecified atom stereocenters. The highest BCUT2D eigenvalue weighted by molar-refractivity contribution is 9.09. The van der Waals surface area contributed by atoms with Crippen LogP contribution in [-0.4, -0.2) is 28.7 Å². The van der Waals surface area contributed by atoms with Gasteiger partial charge in [-0.05, 0) is 56.0 Å². The number of ether oxygens (including phenoxy) is 1. The van der Waals surface area contributed by atoms with Gasteiger partial charge in [0.05, 0.1) is 16.7 Å². The Hall–Kier alpha value is -2.67. The van der Waals surface area contributed by atoms with Gasteiger partial charge in [0.15, 0.2) is 0 Å². The molecule has 7 heteroatoms. The van der Waals surface area contributed by atoms with Crippen molar-refractivity contribution in [1.82, 2.24) is 0 Å². The second kappa shape index (κ2) is 7.48. The Morgan fingerprint density at radius 3 is 2.65 bits per heavy atom. The van der Waals surface area contributed by atoms with Crippen LogP contribution in [0.25, 0.3) is 0 Å². The van der Waals surface area contributed by atoms with E-state index in [2.05, 4.69) is 26.6 Å². The number of hydrogen-bond donors (Lipinski definition) is 2. The molecule has 2 aliphatic carbocycles. The number of aryl methyl sites for hydroxylation is 2. The molecular formula is C24H23BrN2O4. The number of hydrogen-bond acceptors (Lipinski definition) is 4. The molecule has 160 valence electrons. The van der Waals surface area contributed by atoms with E-state index in [0.29, 0.717) is 11.3 Å². The predicted molar refractivity (Wildman–Crippen MR) is 120 cm³/mol. The minimum atomic E-state index is -0.409. The number of esters is 1. The standard InChI is InChI=1S/C24H23BrN2O4/c1-11-6-7-17(12(2)8-11)27-22(28)13-4-3-5-14(9-13)26-23(29)18-15-10-16-19(18)24(30)31-21(16)20(15)25/h3-9,15-16,18-21H,10H2,1-2H3,(H,26,29)(H,27,28)/t15-,16-,18-,19-,20-,21+/m1/s1. The first-order valence-electron chi connectivity index (χ1n) is 10.5. The molecule has 31 heavy (non-hydrogen) atoms. The van der Waals surface area contributed by atoms with E-state index in [1.165, 1.54) is 0 Å². The largest absolute Gasteiger partial charge is 0.461 e. The molecule has 3 aliphatic rings. The van der Waals surface area contributed by atoms with Crippen LogP contribution in [-0.2, 0) is 14.3 Å². The highest BCUT2D eigenvalue weighted by atomic mass is 79.9. The van der Waals surface area contributed by atoms with Gasteiger partial charge in [-0.15, -0.1) is 0 Å². The fourth-order valence-corrected chi connectivity index (χ4v) is 6.49. The molecule has 5 rings (SSSR count). The summed E-state index contributed by atoms with van der Waals surface area (Å²) in [6, 6.07) is 12.7. The summed E-state index contributed by atoms with van der Waals surface area (Å²) in [5.41, 5.74) is 3.85. The van der Waals surface area contributed by atoms with E-state index in [1.807, 2.05) is 32.0 Å². The van der Waals surface area contributed by atoms with Gasteiger partial charge in [-0.3, -0.25) is 14.4 Å². The van der Waals surface area contributed by atoms with Crippen molar-refractivity contribution in [3.8, 4) is 0 Å². The Labute approximate surface area is 188 Å². The van der Waals surface area contributed by atoms with Crippen molar-refractivity contribution in [2.24, 2.45) is 23.7 Å². The molecular weight excluding hydrogens is 460 g/mol. The van der Waals surface area contributed by atoms with E-state index in [0.717, 1.165) is 23.2 Å². The molecule has 0 spiro atoms. The van der Waals surface area contributed by atoms with Crippen molar-refractivity contribution in [1.29, 1.82) is 0 Å². The van der Waals surface area contributed by atoms with Gasteiger partial charge < -0.3 is 15.4 Å². The van der Waals surface area contributed by atoms with Crippen LogP contribution in [0.5, 0.6) is 0 Å². The smallest absolute Gasteiger partial charge is 0.310 e. The quantitative estimate of drug-likeness (QED) is 0.508. The number of benzene rings is 2. The molecule has 2 amide bonds. The van der Waals surface area contributed by atoms with Crippen LogP contribution in [0.2, 0.25) is 0 Å². The number of nitrogens with one attached hydrogen (secondary N) is 2. The lowest BCUT2D eigenvalue weighted by atomic mass is 9.79. The minimum absolute atomic E-state index is 0.0193. The number of amides is 2. The number of rotatable bonds is 4. The SMILES string of the molecule is Cc1ccc(NC(=O)c2cccc(NC(=O)[C@@H]3[C@H]4C[C@H]5[C@H](OC(=O)[C@H]53)[C@@H]4Br)c2)c(C)c1. The molecule has 1 saturated heterocycles. The fourth-order valence-electron chi connectivity index (χ4n) is 5.44. The van der Waals surface area contributed by atoms with Crippen LogP contribution in [0.4, 0.5) is 11.4 Å². The van der Waals surface area contributed by atoms with Crippen LogP contribution >= 0.6 is 15.9 Å². The van der Waals surface area contributed by atoms with Gasteiger partial charge in [-0.2, -0.15) is 0 Å². The molecule has 0 aromatic heterocycles. The number of alkyl halides is 1. The third-order valence-electron chi connectivity index (χ3n) is 6.85. The van der Waals surface area contributed by atoms with Gasteiger partial charge >= 0.3 is 5.97 Å². The monoisotopic (exact) mass is 482 g/mol.